The van der Waals surface area contributed by atoms with Crippen molar-refractivity contribution in [3.8, 4) is 0 Å². The van der Waals surface area contributed by atoms with Crippen LogP contribution in [0.4, 0.5) is 4.79 Å². The molecular weight excluding hydrogens is 380 g/mol. The van der Waals surface area contributed by atoms with Gasteiger partial charge in [-0.1, -0.05) is 25.0 Å². The van der Waals surface area contributed by atoms with Gasteiger partial charge in [-0.3, -0.25) is 10.1 Å². The van der Waals surface area contributed by atoms with Crippen LogP contribution in [-0.4, -0.2) is 49.0 Å². The third-order valence-corrected chi connectivity index (χ3v) is 6.04. The van der Waals surface area contributed by atoms with Crippen LogP contribution in [0.3, 0.4) is 0 Å². The lowest BCUT2D eigenvalue weighted by Gasteiger charge is -2.13. The van der Waals surface area contributed by atoms with Gasteiger partial charge >= 0.3 is 12.0 Å². The molecule has 1 saturated carbocycles. The third-order valence-electron chi connectivity index (χ3n) is 4.83. The zero-order valence-electron chi connectivity index (χ0n) is 15.8. The molecule has 0 spiro atoms. The van der Waals surface area contributed by atoms with E-state index in [0.717, 1.165) is 55.8 Å². The number of carbonyl (C=O) groups excluding carboxylic acids is 3. The fourth-order valence-electron chi connectivity index (χ4n) is 3.38. The molecule has 152 valence electrons. The summed E-state index contributed by atoms with van der Waals surface area (Å²) in [5, 5.41) is 4.96. The molecule has 0 aromatic heterocycles. The molecule has 28 heavy (non-hydrogen) atoms. The van der Waals surface area contributed by atoms with Crippen molar-refractivity contribution in [2.45, 2.75) is 55.6 Å². The average molecular weight is 407 g/mol. The normalized spacial score (nSPS) is 19.4. The van der Waals surface area contributed by atoms with E-state index in [1.54, 1.807) is 23.9 Å². The fraction of sp³-hybridized carbons (Fsp3) is 0.550. The quantitative estimate of drug-likeness (QED) is 0.534. The number of ether oxygens (including phenoxy) is 2. The molecule has 1 saturated heterocycles. The van der Waals surface area contributed by atoms with Crippen LogP contribution in [0.15, 0.2) is 29.2 Å². The molecule has 0 bridgehead atoms. The van der Waals surface area contributed by atoms with E-state index in [4.69, 9.17) is 9.47 Å². The standard InChI is InChI=1S/C20H26N2O5S/c23-18(22-20(25)21-14-6-1-2-7-14)12-27-19(24)16-9-3-4-10-17(16)28-13-15-8-5-11-26-15/h3-4,9-10,14-15H,1-2,5-8,11-13H2,(H2,21,22,23,25). The average Bonchev–Trinajstić information content (AvgIpc) is 3.38. The molecule has 1 aromatic rings. The Morgan fingerprint density at radius 1 is 1.11 bits per heavy atom. The summed E-state index contributed by atoms with van der Waals surface area (Å²) >= 11 is 1.54. The number of benzene rings is 1. The summed E-state index contributed by atoms with van der Waals surface area (Å²) in [4.78, 5) is 36.8. The lowest BCUT2D eigenvalue weighted by Crippen LogP contribution is -2.45. The van der Waals surface area contributed by atoms with Crippen LogP contribution in [0, 0.1) is 0 Å². The molecule has 0 radical (unpaired) electrons. The molecular formula is C20H26N2O5S. The van der Waals surface area contributed by atoms with Gasteiger partial charge in [0.15, 0.2) is 6.61 Å². The number of rotatable bonds is 7. The summed E-state index contributed by atoms with van der Waals surface area (Å²) < 4.78 is 10.7. The van der Waals surface area contributed by atoms with Gasteiger partial charge < -0.3 is 14.8 Å². The lowest BCUT2D eigenvalue weighted by atomic mass is 10.2. The third kappa shape index (κ3) is 6.24. The summed E-state index contributed by atoms with van der Waals surface area (Å²) in [7, 11) is 0. The number of hydrogen-bond acceptors (Lipinski definition) is 6. The Bertz CT molecular complexity index is 700. The van der Waals surface area contributed by atoms with Crippen molar-refractivity contribution in [3.63, 3.8) is 0 Å². The molecule has 1 aliphatic heterocycles. The van der Waals surface area contributed by atoms with Crippen LogP contribution in [0.25, 0.3) is 0 Å². The number of amides is 3. The van der Waals surface area contributed by atoms with E-state index in [0.29, 0.717) is 5.56 Å². The first-order valence-corrected chi connectivity index (χ1v) is 10.7. The minimum atomic E-state index is -0.645. The summed E-state index contributed by atoms with van der Waals surface area (Å²) in [5.74, 6) is -0.457. The van der Waals surface area contributed by atoms with Crippen LogP contribution >= 0.6 is 11.8 Å². The van der Waals surface area contributed by atoms with Crippen LogP contribution in [-0.2, 0) is 14.3 Å². The second kappa shape index (κ2) is 10.5. The highest BCUT2D eigenvalue weighted by atomic mass is 32.2. The van der Waals surface area contributed by atoms with E-state index in [1.165, 1.54) is 0 Å². The highest BCUT2D eigenvalue weighted by Gasteiger charge is 2.21. The molecule has 3 amide bonds. The molecule has 1 aromatic carbocycles. The van der Waals surface area contributed by atoms with Gasteiger partial charge in [0.25, 0.3) is 5.91 Å². The van der Waals surface area contributed by atoms with Crippen molar-refractivity contribution < 1.29 is 23.9 Å². The first kappa shape index (κ1) is 20.7. The van der Waals surface area contributed by atoms with Crippen LogP contribution in [0.1, 0.15) is 48.9 Å². The zero-order chi connectivity index (χ0) is 19.8. The van der Waals surface area contributed by atoms with Crippen molar-refractivity contribution in [2.75, 3.05) is 19.0 Å². The number of hydrogen-bond donors (Lipinski definition) is 2. The van der Waals surface area contributed by atoms with Crippen LogP contribution < -0.4 is 10.6 Å². The maximum atomic E-state index is 12.4. The minimum absolute atomic E-state index is 0.114. The summed E-state index contributed by atoms with van der Waals surface area (Å²) in [6.07, 6.45) is 6.33. The van der Waals surface area contributed by atoms with Gasteiger partial charge in [-0.15, -0.1) is 11.8 Å². The van der Waals surface area contributed by atoms with Crippen molar-refractivity contribution in [1.82, 2.24) is 10.6 Å². The van der Waals surface area contributed by atoms with E-state index in [1.807, 2.05) is 12.1 Å². The Morgan fingerprint density at radius 3 is 2.64 bits per heavy atom. The van der Waals surface area contributed by atoms with Crippen LogP contribution in [0.2, 0.25) is 0 Å². The number of carbonyl (C=O) groups is 3. The summed E-state index contributed by atoms with van der Waals surface area (Å²) in [5.41, 5.74) is 0.411. The van der Waals surface area contributed by atoms with E-state index in [2.05, 4.69) is 10.6 Å². The Hall–Kier alpha value is -2.06. The van der Waals surface area contributed by atoms with Gasteiger partial charge in [-0.25, -0.2) is 9.59 Å². The molecule has 1 aliphatic carbocycles. The van der Waals surface area contributed by atoms with Gasteiger partial charge in [0.1, 0.15) is 0 Å². The van der Waals surface area contributed by atoms with Gasteiger partial charge in [0.2, 0.25) is 0 Å². The zero-order valence-corrected chi connectivity index (χ0v) is 16.6. The smallest absolute Gasteiger partial charge is 0.339 e. The largest absolute Gasteiger partial charge is 0.452 e. The molecule has 3 rings (SSSR count). The number of nitrogens with one attached hydrogen (secondary N) is 2. The van der Waals surface area contributed by atoms with Crippen molar-refractivity contribution in [2.24, 2.45) is 0 Å². The minimum Gasteiger partial charge on any atom is -0.452 e. The molecule has 1 heterocycles. The molecule has 1 atom stereocenters. The van der Waals surface area contributed by atoms with E-state index < -0.39 is 24.5 Å². The second-order valence-corrected chi connectivity index (χ2v) is 8.08. The monoisotopic (exact) mass is 406 g/mol. The topological polar surface area (TPSA) is 93.7 Å². The van der Waals surface area contributed by atoms with Gasteiger partial charge in [0.05, 0.1) is 11.7 Å². The lowest BCUT2D eigenvalue weighted by molar-refractivity contribution is -0.123. The Kier molecular flexibility index (Phi) is 7.73. The maximum Gasteiger partial charge on any atom is 0.339 e. The first-order valence-electron chi connectivity index (χ1n) is 9.72. The number of urea groups is 1. The Balaban J connectivity index is 1.44. The van der Waals surface area contributed by atoms with E-state index in [9.17, 15) is 14.4 Å². The molecule has 1 unspecified atom stereocenters. The van der Waals surface area contributed by atoms with Gasteiger partial charge in [-0.05, 0) is 37.8 Å². The SMILES string of the molecule is O=C(COC(=O)c1ccccc1SCC1CCCO1)NC(=O)NC1CCCC1. The second-order valence-electron chi connectivity index (χ2n) is 7.02. The maximum absolute atomic E-state index is 12.4. The molecule has 2 N–H and O–H groups in total. The van der Waals surface area contributed by atoms with Crippen molar-refractivity contribution in [3.05, 3.63) is 29.8 Å². The number of imide groups is 1. The van der Waals surface area contributed by atoms with Crippen molar-refractivity contribution >= 4 is 29.7 Å². The fourth-order valence-corrected chi connectivity index (χ4v) is 4.49. The Labute approximate surface area is 168 Å². The molecule has 7 nitrogen and oxygen atoms in total. The predicted octanol–water partition coefficient (Wildman–Crippen LogP) is 2.88. The Morgan fingerprint density at radius 2 is 1.89 bits per heavy atom. The molecule has 2 fully saturated rings. The van der Waals surface area contributed by atoms with Gasteiger partial charge in [-0.2, -0.15) is 0 Å². The summed E-state index contributed by atoms with van der Waals surface area (Å²) in [6.45, 7) is 0.292. The van der Waals surface area contributed by atoms with Crippen LogP contribution in [0.5, 0.6) is 0 Å². The number of thioether (sulfide) groups is 1. The van der Waals surface area contributed by atoms with E-state index in [-0.39, 0.29) is 12.1 Å². The number of esters is 1. The summed E-state index contributed by atoms with van der Waals surface area (Å²) in [6, 6.07) is 6.70. The highest BCUT2D eigenvalue weighted by molar-refractivity contribution is 7.99. The highest BCUT2D eigenvalue weighted by Crippen LogP contribution is 2.27. The predicted molar refractivity (Wildman–Crippen MR) is 105 cm³/mol. The van der Waals surface area contributed by atoms with E-state index >= 15 is 0 Å². The first-order chi connectivity index (χ1) is 13.6. The molecule has 2 aliphatic rings. The van der Waals surface area contributed by atoms with Gasteiger partial charge in [0, 0.05) is 23.3 Å². The van der Waals surface area contributed by atoms with Crippen molar-refractivity contribution in [1.29, 1.82) is 0 Å². The molecule has 8 heteroatoms.